The summed E-state index contributed by atoms with van der Waals surface area (Å²) in [7, 11) is 0. The van der Waals surface area contributed by atoms with Gasteiger partial charge in [0.1, 0.15) is 17.4 Å². The van der Waals surface area contributed by atoms with Gasteiger partial charge in [-0.25, -0.2) is 9.18 Å². The lowest BCUT2D eigenvalue weighted by molar-refractivity contribution is -0.140. The van der Waals surface area contributed by atoms with E-state index in [1.807, 2.05) is 0 Å². The van der Waals surface area contributed by atoms with Crippen LogP contribution in [0.25, 0.3) is 10.8 Å². The third kappa shape index (κ3) is 5.76. The number of amides is 2. The summed E-state index contributed by atoms with van der Waals surface area (Å²) in [4.78, 5) is 43.1. The molecule has 44 heavy (non-hydrogen) atoms. The Balaban J connectivity index is 1.16. The second-order valence-electron chi connectivity index (χ2n) is 12.0. The van der Waals surface area contributed by atoms with E-state index in [9.17, 15) is 29.0 Å². The molecule has 1 spiro atoms. The molecular formula is C33H37FN4O5S. The molecule has 0 saturated carbocycles. The maximum atomic E-state index is 14.2. The smallest absolute Gasteiger partial charge is 0.327 e. The first-order valence-electron chi connectivity index (χ1n) is 15.0. The second-order valence-corrected chi connectivity index (χ2v) is 13.1. The minimum absolute atomic E-state index is 0.0519. The molecule has 3 atom stereocenters. The number of nitrogens with one attached hydrogen (secondary N) is 1. The van der Waals surface area contributed by atoms with Crippen molar-refractivity contribution in [1.29, 1.82) is 0 Å². The van der Waals surface area contributed by atoms with E-state index in [1.54, 1.807) is 17.0 Å². The van der Waals surface area contributed by atoms with Crippen molar-refractivity contribution in [3.05, 3.63) is 77.6 Å². The summed E-state index contributed by atoms with van der Waals surface area (Å²) in [6.07, 6.45) is 1.26. The van der Waals surface area contributed by atoms with Gasteiger partial charge in [-0.05, 0) is 65.4 Å². The number of nitrogens with zero attached hydrogens (tertiary/aromatic N) is 3. The molecule has 1 aliphatic carbocycles. The van der Waals surface area contributed by atoms with Crippen molar-refractivity contribution in [3.63, 3.8) is 0 Å². The van der Waals surface area contributed by atoms with Gasteiger partial charge in [0.15, 0.2) is 0 Å². The molecule has 3 aromatic carbocycles. The molecule has 2 aliphatic heterocycles. The molecule has 2 saturated heterocycles. The Kier molecular flexibility index (Phi) is 8.54. The van der Waals surface area contributed by atoms with E-state index in [0.29, 0.717) is 12.8 Å². The minimum atomic E-state index is -1.14. The first kappa shape index (κ1) is 30.4. The second kappa shape index (κ2) is 12.4. The van der Waals surface area contributed by atoms with Crippen LogP contribution in [0.15, 0.2) is 60.7 Å². The van der Waals surface area contributed by atoms with E-state index in [0.717, 1.165) is 25.2 Å². The highest BCUT2D eigenvalue weighted by atomic mass is 32.2. The fourth-order valence-electron chi connectivity index (χ4n) is 7.15. The van der Waals surface area contributed by atoms with E-state index in [2.05, 4.69) is 51.5 Å². The van der Waals surface area contributed by atoms with Crippen molar-refractivity contribution in [2.24, 2.45) is 0 Å². The van der Waals surface area contributed by atoms with Crippen molar-refractivity contribution in [2.75, 3.05) is 42.7 Å². The van der Waals surface area contributed by atoms with Crippen LogP contribution in [0.2, 0.25) is 0 Å². The number of hydrogen-bond acceptors (Lipinski definition) is 7. The highest BCUT2D eigenvalue weighted by Crippen LogP contribution is 2.45. The molecular weight excluding hydrogens is 583 g/mol. The van der Waals surface area contributed by atoms with Crippen LogP contribution < -0.4 is 10.2 Å². The van der Waals surface area contributed by atoms with E-state index < -0.39 is 29.6 Å². The van der Waals surface area contributed by atoms with Crippen LogP contribution in [-0.4, -0.2) is 93.3 Å². The number of carbonyl (C=O) groups is 3. The van der Waals surface area contributed by atoms with Crippen LogP contribution in [0.4, 0.5) is 10.1 Å². The number of rotatable bonds is 10. The fraction of sp³-hybridized carbons (Fsp3) is 0.424. The Bertz CT molecular complexity index is 1560. The third-order valence-electron chi connectivity index (χ3n) is 9.22. The number of benzene rings is 3. The van der Waals surface area contributed by atoms with Gasteiger partial charge in [0.25, 0.3) is 0 Å². The number of carboxylic acids is 1. The first-order valence-corrected chi connectivity index (χ1v) is 16.1. The summed E-state index contributed by atoms with van der Waals surface area (Å²) >= 11 is 1.21. The number of carbonyl (C=O) groups excluding carboxylic acids is 2. The Hall–Kier alpha value is -3.67. The van der Waals surface area contributed by atoms with Crippen LogP contribution in [0.3, 0.4) is 0 Å². The Morgan fingerprint density at radius 2 is 1.77 bits per heavy atom. The van der Waals surface area contributed by atoms with Crippen molar-refractivity contribution in [2.45, 2.75) is 49.9 Å². The number of aliphatic hydroxyl groups is 1. The Morgan fingerprint density at radius 1 is 1.07 bits per heavy atom. The number of halogens is 1. The number of piperidine rings is 1. The lowest BCUT2D eigenvalue weighted by Gasteiger charge is -2.45. The van der Waals surface area contributed by atoms with Crippen LogP contribution in [0.1, 0.15) is 36.9 Å². The zero-order valence-corrected chi connectivity index (χ0v) is 25.4. The van der Waals surface area contributed by atoms with Gasteiger partial charge in [0.05, 0.1) is 12.8 Å². The molecule has 2 fully saturated rings. The van der Waals surface area contributed by atoms with Crippen molar-refractivity contribution in [1.82, 2.24) is 15.1 Å². The number of carboxylic acid groups (broad SMARTS) is 1. The van der Waals surface area contributed by atoms with Gasteiger partial charge >= 0.3 is 5.97 Å². The average molecular weight is 621 g/mol. The monoisotopic (exact) mass is 620 g/mol. The van der Waals surface area contributed by atoms with Gasteiger partial charge in [0, 0.05) is 49.8 Å². The van der Waals surface area contributed by atoms with Gasteiger partial charge < -0.3 is 25.3 Å². The molecule has 3 aromatic rings. The van der Waals surface area contributed by atoms with E-state index in [4.69, 9.17) is 0 Å². The summed E-state index contributed by atoms with van der Waals surface area (Å²) in [5, 5.41) is 25.2. The van der Waals surface area contributed by atoms with Crippen LogP contribution in [0.5, 0.6) is 0 Å². The quantitative estimate of drug-likeness (QED) is 0.316. The Morgan fingerprint density at radius 3 is 2.45 bits per heavy atom. The number of anilines is 1. The van der Waals surface area contributed by atoms with Crippen molar-refractivity contribution >= 4 is 46.0 Å². The summed E-state index contributed by atoms with van der Waals surface area (Å²) in [5.41, 5.74) is 2.65. The molecule has 6 rings (SSSR count). The molecule has 2 heterocycles. The lowest BCUT2D eigenvalue weighted by atomic mass is 9.84. The number of hydrogen-bond donors (Lipinski definition) is 3. The summed E-state index contributed by atoms with van der Waals surface area (Å²) < 4.78 is 13.9. The van der Waals surface area contributed by atoms with E-state index >= 15 is 0 Å². The Labute approximate surface area is 260 Å². The normalized spacial score (nSPS) is 20.8. The van der Waals surface area contributed by atoms with Gasteiger partial charge in [-0.15, -0.1) is 0 Å². The minimum Gasteiger partial charge on any atom is -0.480 e. The van der Waals surface area contributed by atoms with Gasteiger partial charge in [-0.3, -0.25) is 14.5 Å². The zero-order chi connectivity index (χ0) is 31.0. The average Bonchev–Trinajstić information content (AvgIpc) is 3.50. The summed E-state index contributed by atoms with van der Waals surface area (Å²) in [5.74, 6) is -1.67. The van der Waals surface area contributed by atoms with Gasteiger partial charge in [0.2, 0.25) is 11.8 Å². The molecule has 232 valence electrons. The predicted octanol–water partition coefficient (Wildman–Crippen LogP) is 3.40. The van der Waals surface area contributed by atoms with Crippen LogP contribution in [-0.2, 0) is 20.8 Å². The number of thioether (sulfide) groups is 1. The molecule has 3 N–H and O–H groups in total. The van der Waals surface area contributed by atoms with Crippen LogP contribution in [0, 0.1) is 5.82 Å². The van der Waals surface area contributed by atoms with E-state index in [1.165, 1.54) is 52.7 Å². The SMILES string of the molecule is CC(=O)NC(CSC[C@H](O)CN1CN(c2ccc(F)cc2)C2(CCN([C@@H]3Cc4cccc5cccc3c45)CC2)C1=O)C(=O)O. The summed E-state index contributed by atoms with van der Waals surface area (Å²) in [6, 6.07) is 18.4. The largest absolute Gasteiger partial charge is 0.480 e. The number of β-amino-alcohol motifs (C(OH)–C–C–N with tert-alkyl or cyclic N) is 1. The van der Waals surface area contributed by atoms with Crippen LogP contribution >= 0.6 is 11.8 Å². The molecule has 1 unspecified atom stereocenters. The van der Waals surface area contributed by atoms with Crippen molar-refractivity contribution < 1.29 is 29.0 Å². The topological polar surface area (TPSA) is 113 Å². The molecule has 3 aliphatic rings. The number of likely N-dealkylation sites (tertiary alicyclic amines) is 1. The maximum Gasteiger partial charge on any atom is 0.327 e. The third-order valence-corrected chi connectivity index (χ3v) is 10.4. The standard InChI is InChI=1S/C33H37FN4O5S/c1-21(39)35-28(31(41)42)19-44-18-26(40)17-37-20-38(25-10-8-24(34)9-11-25)33(32(37)43)12-14-36(15-13-33)29-16-23-6-2-4-22-5-3-7-27(29)30(22)23/h2-11,26,28-29,40H,12-20H2,1H3,(H,35,39)(H,41,42)/t26-,28?,29-/m1/s1. The van der Waals surface area contributed by atoms with Gasteiger partial charge in [-0.1, -0.05) is 36.4 Å². The fourth-order valence-corrected chi connectivity index (χ4v) is 8.13. The highest BCUT2D eigenvalue weighted by Gasteiger charge is 2.54. The molecule has 2 amide bonds. The van der Waals surface area contributed by atoms with E-state index in [-0.39, 0.29) is 42.5 Å². The molecule has 0 aromatic heterocycles. The van der Waals surface area contributed by atoms with Crippen molar-refractivity contribution in [3.8, 4) is 0 Å². The zero-order valence-electron chi connectivity index (χ0n) is 24.6. The molecule has 9 nitrogen and oxygen atoms in total. The highest BCUT2D eigenvalue weighted by molar-refractivity contribution is 7.99. The number of aliphatic hydroxyl groups excluding tert-OH is 1. The predicted molar refractivity (Wildman–Crippen MR) is 168 cm³/mol. The van der Waals surface area contributed by atoms with Gasteiger partial charge in [-0.2, -0.15) is 11.8 Å². The molecule has 11 heteroatoms. The lowest BCUT2D eigenvalue weighted by Crippen LogP contribution is -2.57. The molecule has 0 radical (unpaired) electrons. The first-order chi connectivity index (χ1) is 21.2. The number of aliphatic carboxylic acids is 1. The maximum absolute atomic E-state index is 14.2. The summed E-state index contributed by atoms with van der Waals surface area (Å²) in [6.45, 7) is 3.07. The molecule has 0 bridgehead atoms.